The molecule has 0 aliphatic rings. The molecule has 0 unspecified atom stereocenters. The zero-order valence-corrected chi connectivity index (χ0v) is 9.90. The number of aryl methyl sites for hydroxylation is 2. The lowest BCUT2D eigenvalue weighted by Gasteiger charge is -2.06. The molecule has 0 radical (unpaired) electrons. The molecule has 0 fully saturated rings. The van der Waals surface area contributed by atoms with Gasteiger partial charge in [0.25, 0.3) is 0 Å². The number of carbonyl (C=O) groups excluding carboxylic acids is 1. The van der Waals surface area contributed by atoms with Crippen LogP contribution < -0.4 is 0 Å². The third-order valence-electron chi connectivity index (χ3n) is 2.85. The van der Waals surface area contributed by atoms with Crippen LogP contribution in [0.5, 0.6) is 5.75 Å². The van der Waals surface area contributed by atoms with Gasteiger partial charge >= 0.3 is 0 Å². The van der Waals surface area contributed by atoms with E-state index in [-0.39, 0.29) is 11.5 Å². The number of hydrogen-bond acceptors (Lipinski definition) is 2. The summed E-state index contributed by atoms with van der Waals surface area (Å²) in [6.45, 7) is 3.70. The van der Waals surface area contributed by atoms with Crippen LogP contribution in [-0.4, -0.2) is 10.9 Å². The maximum Gasteiger partial charge on any atom is 0.193 e. The minimum Gasteiger partial charge on any atom is -0.508 e. The van der Waals surface area contributed by atoms with Crippen molar-refractivity contribution in [2.45, 2.75) is 13.8 Å². The molecule has 0 aliphatic carbocycles. The van der Waals surface area contributed by atoms with E-state index in [9.17, 15) is 9.90 Å². The van der Waals surface area contributed by atoms with Crippen LogP contribution in [0, 0.1) is 13.8 Å². The summed E-state index contributed by atoms with van der Waals surface area (Å²) in [5, 5.41) is 9.44. The van der Waals surface area contributed by atoms with Gasteiger partial charge in [-0.1, -0.05) is 24.3 Å². The molecule has 0 spiro atoms. The van der Waals surface area contributed by atoms with Crippen molar-refractivity contribution in [2.75, 3.05) is 0 Å². The van der Waals surface area contributed by atoms with Gasteiger partial charge < -0.3 is 5.11 Å². The normalized spacial score (nSPS) is 10.2. The zero-order valence-electron chi connectivity index (χ0n) is 9.90. The smallest absolute Gasteiger partial charge is 0.193 e. The summed E-state index contributed by atoms with van der Waals surface area (Å²) in [5.74, 6) is 0.206. The van der Waals surface area contributed by atoms with E-state index in [4.69, 9.17) is 0 Å². The summed E-state index contributed by atoms with van der Waals surface area (Å²) < 4.78 is 0. The van der Waals surface area contributed by atoms with E-state index >= 15 is 0 Å². The summed E-state index contributed by atoms with van der Waals surface area (Å²) in [7, 11) is 0. The first kappa shape index (κ1) is 11.4. The maximum atomic E-state index is 12.2. The number of phenols is 1. The molecule has 17 heavy (non-hydrogen) atoms. The van der Waals surface area contributed by atoms with Crippen LogP contribution >= 0.6 is 0 Å². The first-order valence-electron chi connectivity index (χ1n) is 5.49. The third-order valence-corrected chi connectivity index (χ3v) is 2.85. The molecule has 0 amide bonds. The first-order valence-corrected chi connectivity index (χ1v) is 5.49. The van der Waals surface area contributed by atoms with Crippen molar-refractivity contribution in [1.29, 1.82) is 0 Å². The molecule has 2 heteroatoms. The first-order chi connectivity index (χ1) is 8.09. The minimum atomic E-state index is -0.00815. The topological polar surface area (TPSA) is 37.3 Å². The molecule has 0 aromatic heterocycles. The molecular weight excluding hydrogens is 212 g/mol. The number of phenolic OH excluding ortho intramolecular Hbond substituents is 1. The summed E-state index contributed by atoms with van der Waals surface area (Å²) in [6.07, 6.45) is 0. The van der Waals surface area contributed by atoms with Crippen molar-refractivity contribution >= 4 is 5.78 Å². The SMILES string of the molecule is Cc1cc(C(=O)c2ccccc2C)ccc1O. The Hall–Kier alpha value is -2.09. The fourth-order valence-corrected chi connectivity index (χ4v) is 1.78. The summed E-state index contributed by atoms with van der Waals surface area (Å²) in [4.78, 5) is 12.2. The van der Waals surface area contributed by atoms with Crippen molar-refractivity contribution in [2.24, 2.45) is 0 Å². The van der Waals surface area contributed by atoms with E-state index in [0.717, 1.165) is 5.56 Å². The average Bonchev–Trinajstić information content (AvgIpc) is 2.32. The minimum absolute atomic E-state index is 0.00815. The second-order valence-electron chi connectivity index (χ2n) is 4.15. The standard InChI is InChI=1S/C15H14O2/c1-10-5-3-4-6-13(10)15(17)12-7-8-14(16)11(2)9-12/h3-9,16H,1-2H3. The quantitative estimate of drug-likeness (QED) is 0.798. The van der Waals surface area contributed by atoms with Gasteiger partial charge in [-0.25, -0.2) is 0 Å². The highest BCUT2D eigenvalue weighted by Gasteiger charge is 2.11. The molecular formula is C15H14O2. The molecule has 2 nitrogen and oxygen atoms in total. The van der Waals surface area contributed by atoms with Gasteiger partial charge in [-0.2, -0.15) is 0 Å². The number of carbonyl (C=O) groups is 1. The monoisotopic (exact) mass is 226 g/mol. The van der Waals surface area contributed by atoms with Crippen LogP contribution in [0.2, 0.25) is 0 Å². The second kappa shape index (κ2) is 4.42. The molecule has 0 saturated carbocycles. The van der Waals surface area contributed by atoms with Crippen molar-refractivity contribution in [3.05, 3.63) is 64.7 Å². The number of ketones is 1. The molecule has 1 N–H and O–H groups in total. The van der Waals surface area contributed by atoms with Crippen LogP contribution in [0.15, 0.2) is 42.5 Å². The Kier molecular flexibility index (Phi) is 2.96. The second-order valence-corrected chi connectivity index (χ2v) is 4.15. The lowest BCUT2D eigenvalue weighted by molar-refractivity contribution is 0.103. The number of hydrogen-bond donors (Lipinski definition) is 1. The van der Waals surface area contributed by atoms with Gasteiger partial charge in [-0.15, -0.1) is 0 Å². The highest BCUT2D eigenvalue weighted by atomic mass is 16.3. The van der Waals surface area contributed by atoms with Gasteiger partial charge in [-0.3, -0.25) is 4.79 Å². The molecule has 0 atom stereocenters. The summed E-state index contributed by atoms with van der Waals surface area (Å²) in [5.41, 5.74) is 2.99. The van der Waals surface area contributed by atoms with Crippen molar-refractivity contribution in [3.8, 4) is 5.75 Å². The van der Waals surface area contributed by atoms with E-state index in [2.05, 4.69) is 0 Å². The van der Waals surface area contributed by atoms with E-state index in [1.165, 1.54) is 0 Å². The van der Waals surface area contributed by atoms with Gasteiger partial charge in [0.2, 0.25) is 0 Å². The fourth-order valence-electron chi connectivity index (χ4n) is 1.78. The summed E-state index contributed by atoms with van der Waals surface area (Å²) in [6, 6.07) is 12.4. The van der Waals surface area contributed by atoms with E-state index in [1.54, 1.807) is 25.1 Å². The zero-order chi connectivity index (χ0) is 12.4. The Labute approximate surface area is 101 Å². The lowest BCUT2D eigenvalue weighted by atomic mass is 9.98. The Bertz CT molecular complexity index is 571. The van der Waals surface area contributed by atoms with E-state index in [1.807, 2.05) is 31.2 Å². The molecule has 2 rings (SSSR count). The highest BCUT2D eigenvalue weighted by molar-refractivity contribution is 6.10. The molecule has 2 aromatic carbocycles. The van der Waals surface area contributed by atoms with Gasteiger partial charge in [0, 0.05) is 11.1 Å². The van der Waals surface area contributed by atoms with Crippen LogP contribution in [0.1, 0.15) is 27.0 Å². The van der Waals surface area contributed by atoms with Crippen LogP contribution in [-0.2, 0) is 0 Å². The average molecular weight is 226 g/mol. The Morgan fingerprint density at radius 1 is 1.00 bits per heavy atom. The number of aromatic hydroxyl groups is 1. The Morgan fingerprint density at radius 3 is 2.35 bits per heavy atom. The molecule has 0 saturated heterocycles. The van der Waals surface area contributed by atoms with Crippen molar-refractivity contribution < 1.29 is 9.90 Å². The van der Waals surface area contributed by atoms with Gasteiger partial charge in [-0.05, 0) is 43.2 Å². The molecule has 2 aromatic rings. The predicted octanol–water partition coefficient (Wildman–Crippen LogP) is 3.24. The molecule has 0 bridgehead atoms. The number of benzene rings is 2. The third kappa shape index (κ3) is 2.21. The van der Waals surface area contributed by atoms with Crippen molar-refractivity contribution in [1.82, 2.24) is 0 Å². The molecule has 0 aliphatic heterocycles. The highest BCUT2D eigenvalue weighted by Crippen LogP contribution is 2.20. The predicted molar refractivity (Wildman–Crippen MR) is 67.5 cm³/mol. The van der Waals surface area contributed by atoms with E-state index in [0.29, 0.717) is 16.7 Å². The van der Waals surface area contributed by atoms with Gasteiger partial charge in [0.1, 0.15) is 5.75 Å². The Morgan fingerprint density at radius 2 is 1.71 bits per heavy atom. The Balaban J connectivity index is 2.44. The van der Waals surface area contributed by atoms with Gasteiger partial charge in [0.05, 0.1) is 0 Å². The van der Waals surface area contributed by atoms with Crippen molar-refractivity contribution in [3.63, 3.8) is 0 Å². The van der Waals surface area contributed by atoms with E-state index < -0.39 is 0 Å². The lowest BCUT2D eigenvalue weighted by Crippen LogP contribution is -2.03. The summed E-state index contributed by atoms with van der Waals surface area (Å²) >= 11 is 0. The number of rotatable bonds is 2. The van der Waals surface area contributed by atoms with Crippen LogP contribution in [0.25, 0.3) is 0 Å². The van der Waals surface area contributed by atoms with Crippen LogP contribution in [0.3, 0.4) is 0 Å². The molecule has 0 heterocycles. The van der Waals surface area contributed by atoms with Gasteiger partial charge in [0.15, 0.2) is 5.78 Å². The fraction of sp³-hybridized carbons (Fsp3) is 0.133. The van der Waals surface area contributed by atoms with Crippen LogP contribution in [0.4, 0.5) is 0 Å². The molecule has 86 valence electrons. The largest absolute Gasteiger partial charge is 0.508 e. The maximum absolute atomic E-state index is 12.2.